The molecular formula is C16H24O3. The van der Waals surface area contributed by atoms with Gasteiger partial charge >= 0.3 is 5.97 Å². The summed E-state index contributed by atoms with van der Waals surface area (Å²) >= 11 is 0. The molecule has 19 heavy (non-hydrogen) atoms. The molecule has 1 atom stereocenters. The van der Waals surface area contributed by atoms with Gasteiger partial charge < -0.3 is 9.84 Å². The molecule has 106 valence electrons. The number of hydrogen-bond donors (Lipinski definition) is 1. The van der Waals surface area contributed by atoms with Crippen LogP contribution in [-0.2, 0) is 21.6 Å². The van der Waals surface area contributed by atoms with E-state index in [4.69, 9.17) is 9.84 Å². The van der Waals surface area contributed by atoms with Gasteiger partial charge in [-0.05, 0) is 48.4 Å². The molecule has 0 saturated carbocycles. The molecule has 0 bridgehead atoms. The van der Waals surface area contributed by atoms with Crippen molar-refractivity contribution in [3.05, 3.63) is 34.4 Å². The van der Waals surface area contributed by atoms with Crippen LogP contribution in [0.3, 0.4) is 0 Å². The Hall–Kier alpha value is -1.35. The summed E-state index contributed by atoms with van der Waals surface area (Å²) in [6.45, 7) is 12.5. The highest BCUT2D eigenvalue weighted by Crippen LogP contribution is 2.27. The number of rotatable bonds is 4. The van der Waals surface area contributed by atoms with Crippen LogP contribution in [0.25, 0.3) is 0 Å². The Kier molecular flexibility index (Phi) is 4.75. The molecule has 0 spiro atoms. The van der Waals surface area contributed by atoms with E-state index in [0.29, 0.717) is 6.61 Å². The van der Waals surface area contributed by atoms with Crippen molar-refractivity contribution in [2.45, 2.75) is 59.7 Å². The second-order valence-corrected chi connectivity index (χ2v) is 6.13. The Balaban J connectivity index is 2.95. The summed E-state index contributed by atoms with van der Waals surface area (Å²) in [5.41, 5.74) is 4.80. The van der Waals surface area contributed by atoms with E-state index >= 15 is 0 Å². The van der Waals surface area contributed by atoms with E-state index < -0.39 is 12.1 Å². The third-order valence-electron chi connectivity index (χ3n) is 3.39. The molecule has 0 aliphatic heterocycles. The molecule has 1 rings (SSSR count). The number of aliphatic carboxylic acids is 1. The van der Waals surface area contributed by atoms with Crippen molar-refractivity contribution in [2.24, 2.45) is 0 Å². The minimum Gasteiger partial charge on any atom is -0.479 e. The maximum atomic E-state index is 10.8. The molecule has 0 unspecified atom stereocenters. The average molecular weight is 264 g/mol. The van der Waals surface area contributed by atoms with Gasteiger partial charge in [-0.15, -0.1) is 0 Å². The Morgan fingerprint density at radius 3 is 2.11 bits per heavy atom. The van der Waals surface area contributed by atoms with Crippen LogP contribution in [-0.4, -0.2) is 17.2 Å². The molecule has 0 saturated heterocycles. The first-order chi connectivity index (χ1) is 8.62. The summed E-state index contributed by atoms with van der Waals surface area (Å²) < 4.78 is 5.38. The number of carboxylic acid groups (broad SMARTS) is 1. The van der Waals surface area contributed by atoms with Gasteiger partial charge in [0.2, 0.25) is 0 Å². The predicted octanol–water partition coefficient (Wildman–Crippen LogP) is 3.59. The number of benzene rings is 1. The van der Waals surface area contributed by atoms with Crippen molar-refractivity contribution in [3.8, 4) is 0 Å². The van der Waals surface area contributed by atoms with Crippen LogP contribution in [0.1, 0.15) is 49.9 Å². The molecule has 1 aromatic rings. The molecule has 3 nitrogen and oxygen atoms in total. The summed E-state index contributed by atoms with van der Waals surface area (Å²) in [6.07, 6.45) is -0.777. The number of carboxylic acids is 1. The van der Waals surface area contributed by atoms with Gasteiger partial charge in [0.05, 0.1) is 6.61 Å². The van der Waals surface area contributed by atoms with Gasteiger partial charge in [0.15, 0.2) is 6.10 Å². The summed E-state index contributed by atoms with van der Waals surface area (Å²) in [7, 11) is 0. The van der Waals surface area contributed by atoms with Crippen molar-refractivity contribution in [2.75, 3.05) is 0 Å². The smallest absolute Gasteiger partial charge is 0.332 e. The van der Waals surface area contributed by atoms with Crippen LogP contribution in [0.15, 0.2) is 12.1 Å². The average Bonchev–Trinajstić information content (AvgIpc) is 2.25. The molecule has 0 aliphatic rings. The van der Waals surface area contributed by atoms with Gasteiger partial charge in [0.1, 0.15) is 0 Å². The first kappa shape index (κ1) is 15.7. The van der Waals surface area contributed by atoms with Gasteiger partial charge in [-0.25, -0.2) is 4.79 Å². The molecule has 0 radical (unpaired) electrons. The first-order valence-corrected chi connectivity index (χ1v) is 6.58. The Morgan fingerprint density at radius 1 is 1.26 bits per heavy atom. The topological polar surface area (TPSA) is 46.5 Å². The summed E-state index contributed by atoms with van der Waals surface area (Å²) in [5, 5.41) is 8.82. The van der Waals surface area contributed by atoms with Crippen LogP contribution >= 0.6 is 0 Å². The molecule has 0 heterocycles. The monoisotopic (exact) mass is 264 g/mol. The van der Waals surface area contributed by atoms with Gasteiger partial charge in [-0.3, -0.25) is 0 Å². The van der Waals surface area contributed by atoms with E-state index in [1.165, 1.54) is 5.56 Å². The fraction of sp³-hybridized carbons (Fsp3) is 0.562. The lowest BCUT2D eigenvalue weighted by molar-refractivity contribution is -0.149. The molecule has 0 aliphatic carbocycles. The zero-order chi connectivity index (χ0) is 14.8. The summed E-state index contributed by atoms with van der Waals surface area (Å²) in [6, 6.07) is 4.33. The second-order valence-electron chi connectivity index (χ2n) is 6.13. The lowest BCUT2D eigenvalue weighted by Gasteiger charge is -2.22. The third kappa shape index (κ3) is 4.06. The normalized spacial score (nSPS) is 13.4. The van der Waals surface area contributed by atoms with Crippen molar-refractivity contribution < 1.29 is 14.6 Å². The summed E-state index contributed by atoms with van der Waals surface area (Å²) in [5.74, 6) is -0.929. The van der Waals surface area contributed by atoms with Gasteiger partial charge in [0.25, 0.3) is 0 Å². The number of carbonyl (C=O) groups is 1. The van der Waals surface area contributed by atoms with Gasteiger partial charge in [-0.1, -0.05) is 32.9 Å². The lowest BCUT2D eigenvalue weighted by Crippen LogP contribution is -2.20. The SMILES string of the molecule is Cc1cc(C(C)(C)C)cc(C)c1CO[C@@H](C)C(=O)O. The molecule has 3 heteroatoms. The van der Waals surface area contributed by atoms with E-state index in [1.807, 2.05) is 13.8 Å². The standard InChI is InChI=1S/C16H24O3/c1-10-7-13(16(4,5)6)8-11(2)14(10)9-19-12(3)15(17)18/h7-8,12H,9H2,1-6H3,(H,17,18)/t12-/m0/s1. The molecule has 0 fully saturated rings. The zero-order valence-corrected chi connectivity index (χ0v) is 12.7. The zero-order valence-electron chi connectivity index (χ0n) is 12.7. The predicted molar refractivity (Wildman–Crippen MR) is 76.5 cm³/mol. The maximum absolute atomic E-state index is 10.8. The van der Waals surface area contributed by atoms with Crippen molar-refractivity contribution in [1.82, 2.24) is 0 Å². The Labute approximate surface area is 115 Å². The lowest BCUT2D eigenvalue weighted by atomic mass is 9.84. The Morgan fingerprint density at radius 2 is 1.74 bits per heavy atom. The van der Waals surface area contributed by atoms with Crippen LogP contribution in [0.4, 0.5) is 0 Å². The highest BCUT2D eigenvalue weighted by atomic mass is 16.5. The Bertz CT molecular complexity index is 446. The van der Waals surface area contributed by atoms with Crippen molar-refractivity contribution in [3.63, 3.8) is 0 Å². The highest BCUT2D eigenvalue weighted by Gasteiger charge is 2.17. The van der Waals surface area contributed by atoms with Gasteiger partial charge in [0, 0.05) is 0 Å². The van der Waals surface area contributed by atoms with Gasteiger partial charge in [-0.2, -0.15) is 0 Å². The fourth-order valence-corrected chi connectivity index (χ4v) is 1.93. The van der Waals surface area contributed by atoms with E-state index in [2.05, 4.69) is 32.9 Å². The minimum absolute atomic E-state index is 0.114. The first-order valence-electron chi connectivity index (χ1n) is 6.58. The number of hydrogen-bond acceptors (Lipinski definition) is 2. The maximum Gasteiger partial charge on any atom is 0.332 e. The fourth-order valence-electron chi connectivity index (χ4n) is 1.93. The second kappa shape index (κ2) is 5.74. The van der Waals surface area contributed by atoms with Crippen LogP contribution in [0, 0.1) is 13.8 Å². The molecule has 0 amide bonds. The van der Waals surface area contributed by atoms with Crippen LogP contribution in [0.2, 0.25) is 0 Å². The van der Waals surface area contributed by atoms with E-state index in [0.717, 1.165) is 16.7 Å². The summed E-state index contributed by atoms with van der Waals surface area (Å²) in [4.78, 5) is 10.8. The van der Waals surface area contributed by atoms with Crippen LogP contribution in [0.5, 0.6) is 0 Å². The molecule has 0 aromatic heterocycles. The number of ether oxygens (including phenoxy) is 1. The van der Waals surface area contributed by atoms with E-state index in [1.54, 1.807) is 6.92 Å². The highest BCUT2D eigenvalue weighted by molar-refractivity contribution is 5.71. The molecular weight excluding hydrogens is 240 g/mol. The minimum atomic E-state index is -0.929. The molecule has 1 aromatic carbocycles. The van der Waals surface area contributed by atoms with E-state index in [-0.39, 0.29) is 5.41 Å². The third-order valence-corrected chi connectivity index (χ3v) is 3.39. The largest absolute Gasteiger partial charge is 0.479 e. The molecule has 1 N–H and O–H groups in total. The number of aryl methyl sites for hydroxylation is 2. The van der Waals surface area contributed by atoms with E-state index in [9.17, 15) is 4.79 Å². The van der Waals surface area contributed by atoms with Crippen molar-refractivity contribution >= 4 is 5.97 Å². The quantitative estimate of drug-likeness (QED) is 0.904. The van der Waals surface area contributed by atoms with Crippen LogP contribution < -0.4 is 0 Å². The van der Waals surface area contributed by atoms with Crippen molar-refractivity contribution in [1.29, 1.82) is 0 Å².